The van der Waals surface area contributed by atoms with Crippen molar-refractivity contribution in [2.75, 3.05) is 10.4 Å². The van der Waals surface area contributed by atoms with Gasteiger partial charge >= 0.3 is 11.9 Å². The van der Waals surface area contributed by atoms with Crippen LogP contribution < -0.4 is 10.4 Å². The first-order valence-corrected chi connectivity index (χ1v) is 11.2. The number of anilines is 2. The zero-order chi connectivity index (χ0) is 26.1. The van der Waals surface area contributed by atoms with Gasteiger partial charge in [0.15, 0.2) is 5.71 Å². The van der Waals surface area contributed by atoms with Gasteiger partial charge in [-0.3, -0.25) is 15.0 Å². The monoisotopic (exact) mass is 488 g/mol. The third-order valence-electron chi connectivity index (χ3n) is 6.15. The zero-order valence-electron chi connectivity index (χ0n) is 20.2. The molecular formula is C27H25FN4O4. The van der Waals surface area contributed by atoms with E-state index in [4.69, 9.17) is 0 Å². The first-order chi connectivity index (χ1) is 17.1. The van der Waals surface area contributed by atoms with Crippen LogP contribution in [0.25, 0.3) is 11.1 Å². The summed E-state index contributed by atoms with van der Waals surface area (Å²) >= 11 is 0. The lowest BCUT2D eigenvalue weighted by Gasteiger charge is -2.14. The number of carboxylic acids is 1. The third kappa shape index (κ3) is 4.68. The highest BCUT2D eigenvalue weighted by Gasteiger charge is 2.31. The molecule has 3 N–H and O–H groups in total. The van der Waals surface area contributed by atoms with Crippen LogP contribution in [-0.4, -0.2) is 33.5 Å². The number of aliphatic carboxylic acids is 1. The van der Waals surface area contributed by atoms with E-state index in [-0.39, 0.29) is 22.7 Å². The number of phenolic OH excluding ortho intramolecular Hbond substituents is 1. The molecule has 0 saturated heterocycles. The van der Waals surface area contributed by atoms with Crippen LogP contribution in [0.1, 0.15) is 36.5 Å². The molecule has 36 heavy (non-hydrogen) atoms. The Morgan fingerprint density at radius 2 is 1.83 bits per heavy atom. The number of nitrogens with zero attached hydrogens (tertiary/aromatic N) is 3. The normalized spacial score (nSPS) is 15.2. The van der Waals surface area contributed by atoms with E-state index < -0.39 is 23.6 Å². The van der Waals surface area contributed by atoms with Crippen LogP contribution in [0, 0.1) is 19.7 Å². The number of carbonyl (C=O) groups is 2. The highest BCUT2D eigenvalue weighted by atomic mass is 19.1. The lowest BCUT2D eigenvalue weighted by molar-refractivity contribution is -0.138. The van der Waals surface area contributed by atoms with Crippen LogP contribution in [0.3, 0.4) is 0 Å². The highest BCUT2D eigenvalue weighted by Crippen LogP contribution is 2.37. The molecule has 3 aromatic carbocycles. The van der Waals surface area contributed by atoms with E-state index in [0.29, 0.717) is 22.5 Å². The fourth-order valence-corrected chi connectivity index (χ4v) is 3.80. The van der Waals surface area contributed by atoms with E-state index in [0.717, 1.165) is 23.3 Å². The standard InChI is InChI=1S/C27H25FN4O4/c1-14-8-9-21(10-15(14)2)32-26(34)24(17(4)31-32)30-29-23-13-20(28)12-22(25(23)33)19-7-5-6-18(11-19)16(3)27(35)36/h5-13,16,29,33H,1-4H3,(H,35,36)/b30-24-. The molecule has 1 aliphatic rings. The molecular weight excluding hydrogens is 463 g/mol. The second-order valence-electron chi connectivity index (χ2n) is 8.68. The SMILES string of the molecule is CC1=NN(c2ccc(C)c(C)c2)C(=O)/C1=N\Nc1cc(F)cc(-c2cccc(C(C)C(=O)O)c2)c1O. The molecule has 3 aromatic rings. The fraction of sp³-hybridized carbons (Fsp3) is 0.185. The molecule has 1 aliphatic heterocycles. The third-order valence-corrected chi connectivity index (χ3v) is 6.15. The lowest BCUT2D eigenvalue weighted by Crippen LogP contribution is -2.28. The minimum atomic E-state index is -0.998. The number of halogens is 1. The second kappa shape index (κ2) is 9.61. The molecule has 1 unspecified atom stereocenters. The number of rotatable bonds is 6. The molecule has 4 rings (SSSR count). The van der Waals surface area contributed by atoms with Gasteiger partial charge in [0.2, 0.25) is 0 Å². The van der Waals surface area contributed by atoms with Crippen molar-refractivity contribution in [3.05, 3.63) is 77.1 Å². The second-order valence-corrected chi connectivity index (χ2v) is 8.68. The summed E-state index contributed by atoms with van der Waals surface area (Å²) in [7, 11) is 0. The molecule has 1 heterocycles. The summed E-state index contributed by atoms with van der Waals surface area (Å²) in [5.74, 6) is -3.19. The van der Waals surface area contributed by atoms with E-state index in [9.17, 15) is 24.2 Å². The van der Waals surface area contributed by atoms with Crippen molar-refractivity contribution in [3.8, 4) is 16.9 Å². The Morgan fingerprint density at radius 3 is 2.53 bits per heavy atom. The Balaban J connectivity index is 1.64. The Hall–Kier alpha value is -4.53. The van der Waals surface area contributed by atoms with Gasteiger partial charge in [0, 0.05) is 11.6 Å². The van der Waals surface area contributed by atoms with Crippen molar-refractivity contribution in [2.45, 2.75) is 33.6 Å². The number of aromatic hydroxyl groups is 1. The van der Waals surface area contributed by atoms with Crippen LogP contribution in [-0.2, 0) is 9.59 Å². The number of nitrogens with one attached hydrogen (secondary N) is 1. The largest absolute Gasteiger partial charge is 0.505 e. The quantitative estimate of drug-likeness (QED) is 0.326. The summed E-state index contributed by atoms with van der Waals surface area (Å²) in [5, 5.41) is 29.8. The average Bonchev–Trinajstić information content (AvgIpc) is 3.13. The maximum absolute atomic E-state index is 14.5. The topological polar surface area (TPSA) is 115 Å². The minimum absolute atomic E-state index is 0.0238. The summed E-state index contributed by atoms with van der Waals surface area (Å²) < 4.78 is 14.5. The fourth-order valence-electron chi connectivity index (χ4n) is 3.80. The van der Waals surface area contributed by atoms with Crippen molar-refractivity contribution in [1.29, 1.82) is 0 Å². The average molecular weight is 489 g/mol. The molecule has 0 radical (unpaired) electrons. The number of phenols is 1. The summed E-state index contributed by atoms with van der Waals surface area (Å²) in [6.45, 7) is 7.08. The molecule has 0 aliphatic carbocycles. The molecule has 9 heteroatoms. The lowest BCUT2D eigenvalue weighted by atomic mass is 9.95. The molecule has 0 spiro atoms. The van der Waals surface area contributed by atoms with E-state index in [1.54, 1.807) is 44.2 Å². The van der Waals surface area contributed by atoms with Crippen molar-refractivity contribution in [1.82, 2.24) is 0 Å². The van der Waals surface area contributed by atoms with Crippen LogP contribution in [0.5, 0.6) is 5.75 Å². The van der Waals surface area contributed by atoms with Gasteiger partial charge in [-0.2, -0.15) is 15.2 Å². The van der Waals surface area contributed by atoms with Crippen LogP contribution in [0.15, 0.2) is 64.8 Å². The van der Waals surface area contributed by atoms with Gasteiger partial charge in [0.25, 0.3) is 0 Å². The maximum Gasteiger partial charge on any atom is 0.310 e. The molecule has 1 amide bonds. The molecule has 1 atom stereocenters. The Morgan fingerprint density at radius 1 is 1.08 bits per heavy atom. The Bertz CT molecular complexity index is 1450. The van der Waals surface area contributed by atoms with Crippen LogP contribution in [0.2, 0.25) is 0 Å². The van der Waals surface area contributed by atoms with E-state index in [2.05, 4.69) is 15.6 Å². The summed E-state index contributed by atoms with van der Waals surface area (Å²) in [4.78, 5) is 24.3. The number of carbonyl (C=O) groups excluding carboxylic acids is 1. The van der Waals surface area contributed by atoms with Gasteiger partial charge in [-0.1, -0.05) is 30.3 Å². The van der Waals surface area contributed by atoms with Crippen LogP contribution >= 0.6 is 0 Å². The number of carboxylic acid groups (broad SMARTS) is 1. The van der Waals surface area contributed by atoms with Gasteiger partial charge in [0.1, 0.15) is 17.3 Å². The predicted octanol–water partition coefficient (Wildman–Crippen LogP) is 5.19. The number of aryl methyl sites for hydroxylation is 2. The number of hydrazone groups is 2. The zero-order valence-corrected chi connectivity index (χ0v) is 20.2. The molecule has 0 aromatic heterocycles. The smallest absolute Gasteiger partial charge is 0.310 e. The number of hydrogen-bond acceptors (Lipinski definition) is 6. The number of hydrogen-bond donors (Lipinski definition) is 3. The van der Waals surface area contributed by atoms with Gasteiger partial charge in [-0.05, 0) is 68.1 Å². The van der Waals surface area contributed by atoms with Crippen molar-refractivity contribution < 1.29 is 24.2 Å². The molecule has 0 saturated carbocycles. The first kappa shape index (κ1) is 24.6. The summed E-state index contributed by atoms with van der Waals surface area (Å²) in [6.07, 6.45) is 0. The Kier molecular flexibility index (Phi) is 6.57. The maximum atomic E-state index is 14.5. The number of benzene rings is 3. The minimum Gasteiger partial charge on any atom is -0.505 e. The number of amides is 1. The van der Waals surface area contributed by atoms with Crippen molar-refractivity contribution in [3.63, 3.8) is 0 Å². The van der Waals surface area contributed by atoms with Crippen molar-refractivity contribution >= 4 is 34.7 Å². The first-order valence-electron chi connectivity index (χ1n) is 11.2. The van der Waals surface area contributed by atoms with Gasteiger partial charge < -0.3 is 10.2 Å². The highest BCUT2D eigenvalue weighted by molar-refractivity contribution is 6.71. The van der Waals surface area contributed by atoms with E-state index in [1.165, 1.54) is 5.01 Å². The van der Waals surface area contributed by atoms with Gasteiger partial charge in [-0.25, -0.2) is 4.39 Å². The summed E-state index contributed by atoms with van der Waals surface area (Å²) in [5.41, 5.74) is 6.70. The molecule has 8 nitrogen and oxygen atoms in total. The van der Waals surface area contributed by atoms with E-state index in [1.807, 2.05) is 26.0 Å². The molecule has 0 fully saturated rings. The molecule has 184 valence electrons. The molecule has 0 bridgehead atoms. The van der Waals surface area contributed by atoms with E-state index >= 15 is 0 Å². The Labute approximate surface area is 207 Å². The predicted molar refractivity (Wildman–Crippen MR) is 137 cm³/mol. The van der Waals surface area contributed by atoms with Gasteiger partial charge in [-0.15, -0.1) is 0 Å². The van der Waals surface area contributed by atoms with Crippen molar-refractivity contribution in [2.24, 2.45) is 10.2 Å². The van der Waals surface area contributed by atoms with Gasteiger partial charge in [0.05, 0.1) is 17.3 Å². The van der Waals surface area contributed by atoms with Crippen LogP contribution in [0.4, 0.5) is 15.8 Å². The summed E-state index contributed by atoms with van der Waals surface area (Å²) in [6, 6.07) is 14.3.